The Labute approximate surface area is 70.9 Å². The van der Waals surface area contributed by atoms with Crippen LogP contribution >= 0.6 is 0 Å². The summed E-state index contributed by atoms with van der Waals surface area (Å²) in [5, 5.41) is 2.48. The molecule has 0 spiro atoms. The molecule has 1 saturated heterocycles. The van der Waals surface area contributed by atoms with E-state index in [2.05, 4.69) is 5.32 Å². The maximum atomic E-state index is 11.0. The average Bonchev–Trinajstić information content (AvgIpc) is 2.30. The molecule has 1 atom stereocenters. The van der Waals surface area contributed by atoms with Crippen molar-refractivity contribution in [1.82, 2.24) is 10.2 Å². The maximum absolute atomic E-state index is 11.0. The molecule has 1 aliphatic heterocycles. The highest BCUT2D eigenvalue weighted by Gasteiger charge is 2.27. The molecule has 3 N–H and O–H groups in total. The largest absolute Gasteiger partial charge is 0.352 e. The van der Waals surface area contributed by atoms with E-state index >= 15 is 0 Å². The predicted molar refractivity (Wildman–Crippen MR) is 43.4 cm³/mol. The van der Waals surface area contributed by atoms with Gasteiger partial charge in [-0.1, -0.05) is 0 Å². The van der Waals surface area contributed by atoms with Gasteiger partial charge in [-0.2, -0.15) is 0 Å². The van der Waals surface area contributed by atoms with Gasteiger partial charge in [0.15, 0.2) is 0 Å². The third-order valence-corrected chi connectivity index (χ3v) is 2.14. The first kappa shape index (κ1) is 8.83. The van der Waals surface area contributed by atoms with E-state index in [9.17, 15) is 9.59 Å². The molecule has 0 saturated carbocycles. The molecule has 1 unspecified atom stereocenters. The van der Waals surface area contributed by atoms with Gasteiger partial charge in [0.05, 0.1) is 0 Å². The standard InChI is InChI=1S/C7H13N3O2/c1-10-5(2-3-6(10)11)4-9-7(8)12/h5H,2-4H2,1H3,(H3,8,9,12). The number of primary amides is 1. The van der Waals surface area contributed by atoms with Crippen LogP contribution in [0, 0.1) is 0 Å². The van der Waals surface area contributed by atoms with Gasteiger partial charge >= 0.3 is 6.03 Å². The van der Waals surface area contributed by atoms with Crippen molar-refractivity contribution in [3.05, 3.63) is 0 Å². The molecule has 0 aliphatic carbocycles. The predicted octanol–water partition coefficient (Wildman–Crippen LogP) is -0.724. The molecule has 0 aromatic heterocycles. The average molecular weight is 171 g/mol. The van der Waals surface area contributed by atoms with Gasteiger partial charge < -0.3 is 16.0 Å². The number of hydrogen-bond acceptors (Lipinski definition) is 2. The number of hydrogen-bond donors (Lipinski definition) is 2. The van der Waals surface area contributed by atoms with E-state index < -0.39 is 6.03 Å². The maximum Gasteiger partial charge on any atom is 0.312 e. The van der Waals surface area contributed by atoms with Crippen molar-refractivity contribution in [3.63, 3.8) is 0 Å². The van der Waals surface area contributed by atoms with Gasteiger partial charge in [-0.05, 0) is 6.42 Å². The fourth-order valence-corrected chi connectivity index (χ4v) is 1.32. The van der Waals surface area contributed by atoms with Crippen LogP contribution in [0.4, 0.5) is 4.79 Å². The summed E-state index contributed by atoms with van der Waals surface area (Å²) in [6.07, 6.45) is 1.37. The highest BCUT2D eigenvalue weighted by atomic mass is 16.2. The Morgan fingerprint density at radius 1 is 1.83 bits per heavy atom. The molecule has 3 amide bonds. The third kappa shape index (κ3) is 1.87. The Morgan fingerprint density at radius 2 is 2.50 bits per heavy atom. The van der Waals surface area contributed by atoms with Gasteiger partial charge in [0.2, 0.25) is 5.91 Å². The SMILES string of the molecule is CN1C(=O)CCC1CNC(N)=O. The number of nitrogens with zero attached hydrogens (tertiary/aromatic N) is 1. The molecule has 5 nitrogen and oxygen atoms in total. The van der Waals surface area contributed by atoms with Gasteiger partial charge in [-0.3, -0.25) is 4.79 Å². The number of rotatable bonds is 2. The summed E-state index contributed by atoms with van der Waals surface area (Å²) in [4.78, 5) is 23.0. The Bertz CT molecular complexity index is 205. The van der Waals surface area contributed by atoms with E-state index in [0.29, 0.717) is 13.0 Å². The lowest BCUT2D eigenvalue weighted by molar-refractivity contribution is -0.127. The number of carbonyl (C=O) groups excluding carboxylic acids is 2. The number of nitrogens with one attached hydrogen (secondary N) is 1. The second-order valence-electron chi connectivity index (χ2n) is 2.94. The first-order valence-electron chi connectivity index (χ1n) is 3.90. The molecular formula is C7H13N3O2. The van der Waals surface area contributed by atoms with Gasteiger partial charge in [-0.15, -0.1) is 0 Å². The molecule has 0 aromatic carbocycles. The molecule has 0 radical (unpaired) electrons. The van der Waals surface area contributed by atoms with Crippen LogP contribution in [0.5, 0.6) is 0 Å². The van der Waals surface area contributed by atoms with E-state index in [1.165, 1.54) is 0 Å². The topological polar surface area (TPSA) is 75.4 Å². The lowest BCUT2D eigenvalue weighted by atomic mass is 10.2. The Kier molecular flexibility index (Phi) is 2.52. The Morgan fingerprint density at radius 3 is 2.92 bits per heavy atom. The second-order valence-corrected chi connectivity index (χ2v) is 2.94. The highest BCUT2D eigenvalue weighted by Crippen LogP contribution is 2.14. The van der Waals surface area contributed by atoms with E-state index in [1.807, 2.05) is 0 Å². The summed E-state index contributed by atoms with van der Waals surface area (Å²) < 4.78 is 0. The van der Waals surface area contributed by atoms with Crippen molar-refractivity contribution in [1.29, 1.82) is 0 Å². The Balaban J connectivity index is 2.34. The van der Waals surface area contributed by atoms with Crippen LogP contribution in [0.1, 0.15) is 12.8 Å². The zero-order valence-corrected chi connectivity index (χ0v) is 7.04. The van der Waals surface area contributed by atoms with E-state index in [1.54, 1.807) is 11.9 Å². The van der Waals surface area contributed by atoms with Gasteiger partial charge in [0, 0.05) is 26.1 Å². The summed E-state index contributed by atoms with van der Waals surface area (Å²) >= 11 is 0. The number of carbonyl (C=O) groups is 2. The lowest BCUT2D eigenvalue weighted by Crippen LogP contribution is -2.41. The van der Waals surface area contributed by atoms with Gasteiger partial charge in [0.25, 0.3) is 0 Å². The highest BCUT2D eigenvalue weighted by molar-refractivity contribution is 5.78. The first-order valence-corrected chi connectivity index (χ1v) is 3.90. The summed E-state index contributed by atoms with van der Waals surface area (Å²) in [5.41, 5.74) is 4.90. The summed E-state index contributed by atoms with van der Waals surface area (Å²) in [5.74, 6) is 0.131. The van der Waals surface area contributed by atoms with Crippen molar-refractivity contribution in [3.8, 4) is 0 Å². The fraction of sp³-hybridized carbons (Fsp3) is 0.714. The smallest absolute Gasteiger partial charge is 0.312 e. The third-order valence-electron chi connectivity index (χ3n) is 2.14. The Hall–Kier alpha value is -1.26. The normalized spacial score (nSPS) is 22.9. The number of likely N-dealkylation sites (N-methyl/N-ethyl adjacent to an activating group) is 1. The first-order chi connectivity index (χ1) is 5.61. The number of likely N-dealkylation sites (tertiary alicyclic amines) is 1. The van der Waals surface area contributed by atoms with Crippen LogP contribution in [0.2, 0.25) is 0 Å². The van der Waals surface area contributed by atoms with Gasteiger partial charge in [0.1, 0.15) is 0 Å². The van der Waals surface area contributed by atoms with Gasteiger partial charge in [-0.25, -0.2) is 4.79 Å². The molecule has 12 heavy (non-hydrogen) atoms. The van der Waals surface area contributed by atoms with Crippen molar-refractivity contribution < 1.29 is 9.59 Å². The summed E-state index contributed by atoms with van der Waals surface area (Å²) in [6, 6.07) is -0.423. The quantitative estimate of drug-likeness (QED) is 0.575. The zero-order chi connectivity index (χ0) is 9.14. The van der Waals surface area contributed by atoms with Crippen molar-refractivity contribution in [2.45, 2.75) is 18.9 Å². The molecule has 0 aromatic rings. The minimum atomic E-state index is -0.539. The van der Waals surface area contributed by atoms with E-state index in [4.69, 9.17) is 5.73 Å². The molecule has 1 aliphatic rings. The van der Waals surface area contributed by atoms with Crippen LogP contribution in [-0.4, -0.2) is 36.5 Å². The monoisotopic (exact) mass is 171 g/mol. The second kappa shape index (κ2) is 3.42. The molecular weight excluding hydrogens is 158 g/mol. The summed E-state index contributed by atoms with van der Waals surface area (Å²) in [7, 11) is 1.74. The van der Waals surface area contributed by atoms with Crippen LogP contribution in [-0.2, 0) is 4.79 Å². The van der Waals surface area contributed by atoms with E-state index in [-0.39, 0.29) is 11.9 Å². The fourth-order valence-electron chi connectivity index (χ4n) is 1.32. The molecule has 1 fully saturated rings. The number of amides is 3. The molecule has 0 bridgehead atoms. The van der Waals surface area contributed by atoms with Crippen molar-refractivity contribution >= 4 is 11.9 Å². The van der Waals surface area contributed by atoms with E-state index in [0.717, 1.165) is 6.42 Å². The van der Waals surface area contributed by atoms with Crippen LogP contribution in [0.15, 0.2) is 0 Å². The van der Waals surface area contributed by atoms with Crippen LogP contribution < -0.4 is 11.1 Å². The molecule has 1 heterocycles. The minimum Gasteiger partial charge on any atom is -0.352 e. The minimum absolute atomic E-state index is 0.116. The molecule has 68 valence electrons. The molecule has 1 rings (SSSR count). The summed E-state index contributed by atoms with van der Waals surface area (Å²) in [6.45, 7) is 0.456. The van der Waals surface area contributed by atoms with Crippen LogP contribution in [0.3, 0.4) is 0 Å². The molecule has 5 heteroatoms. The number of urea groups is 1. The lowest BCUT2D eigenvalue weighted by Gasteiger charge is -2.19. The number of nitrogens with two attached hydrogens (primary N) is 1. The van der Waals surface area contributed by atoms with Crippen LogP contribution in [0.25, 0.3) is 0 Å². The van der Waals surface area contributed by atoms with Crippen molar-refractivity contribution in [2.75, 3.05) is 13.6 Å². The van der Waals surface area contributed by atoms with Crippen molar-refractivity contribution in [2.24, 2.45) is 5.73 Å². The zero-order valence-electron chi connectivity index (χ0n) is 7.04.